The largest absolute Gasteiger partial charge is 0.299 e. The maximum Gasteiger partial charge on any atom is 0.140 e. The molecule has 33 heavy (non-hydrogen) atoms. The quantitative estimate of drug-likeness (QED) is 0.232. The Morgan fingerprint density at radius 2 is 1.45 bits per heavy atom. The third kappa shape index (κ3) is 4.19. The highest BCUT2D eigenvalue weighted by Gasteiger charge is 2.55. The van der Waals surface area contributed by atoms with Crippen LogP contribution in [0, 0.1) is 11.3 Å². The van der Waals surface area contributed by atoms with Gasteiger partial charge in [-0.25, -0.2) is 0 Å². The summed E-state index contributed by atoms with van der Waals surface area (Å²) in [6.45, 7) is 0. The van der Waals surface area contributed by atoms with E-state index in [1.54, 1.807) is 0 Å². The Hall–Kier alpha value is -3.36. The van der Waals surface area contributed by atoms with Crippen molar-refractivity contribution in [3.63, 3.8) is 0 Å². The number of carbonyl (C=O) groups excluding carboxylic acids is 1. The average molecular weight is 436 g/mol. The molecule has 2 atom stereocenters. The molecule has 3 aromatic rings. The Labute approximate surface area is 195 Å². The second-order valence-corrected chi connectivity index (χ2v) is 9.65. The Kier molecular flexibility index (Phi) is 6.02. The number of rotatable bonds is 5. The molecule has 166 valence electrons. The second-order valence-electron chi connectivity index (χ2n) is 9.65. The molecule has 2 fully saturated rings. The summed E-state index contributed by atoms with van der Waals surface area (Å²) in [5.74, 6) is 0.869. The maximum atomic E-state index is 13.3. The first-order valence-electron chi connectivity index (χ1n) is 12.0. The van der Waals surface area contributed by atoms with Gasteiger partial charge in [0.05, 0.1) is 6.04 Å². The lowest BCUT2D eigenvalue weighted by atomic mass is 9.62. The van der Waals surface area contributed by atoms with Crippen LogP contribution in [0.2, 0.25) is 0 Å². The van der Waals surface area contributed by atoms with E-state index < -0.39 is 0 Å². The van der Waals surface area contributed by atoms with Gasteiger partial charge in [-0.3, -0.25) is 4.79 Å². The van der Waals surface area contributed by atoms with Gasteiger partial charge in [0.2, 0.25) is 0 Å². The van der Waals surface area contributed by atoms with Crippen molar-refractivity contribution in [3.8, 4) is 11.1 Å². The fourth-order valence-corrected chi connectivity index (χ4v) is 6.21. The molecule has 4 nitrogen and oxygen atoms in total. The third-order valence-electron chi connectivity index (χ3n) is 7.87. The zero-order valence-electron chi connectivity index (χ0n) is 18.8. The van der Waals surface area contributed by atoms with Gasteiger partial charge in [0.25, 0.3) is 0 Å². The standard InChI is InChI=1S/C29H29N3O/c30-32-31-26-20-27(33)29(28(26)25-9-5-2-6-10-25)17-15-22(16-18-29)19-21-11-13-24(14-12-21)23-7-3-1-4-8-23/h1-14,22,26,28H,15-20H2. The van der Waals surface area contributed by atoms with Crippen molar-refractivity contribution in [2.75, 3.05) is 0 Å². The Morgan fingerprint density at radius 3 is 2.09 bits per heavy atom. The molecule has 4 heteroatoms. The molecule has 0 bridgehead atoms. The van der Waals surface area contributed by atoms with Gasteiger partial charge in [0, 0.05) is 22.7 Å². The molecule has 2 unspecified atom stereocenters. The minimum Gasteiger partial charge on any atom is -0.299 e. The van der Waals surface area contributed by atoms with E-state index in [4.69, 9.17) is 5.53 Å². The summed E-state index contributed by atoms with van der Waals surface area (Å²) in [6.07, 6.45) is 5.27. The van der Waals surface area contributed by atoms with Crippen molar-refractivity contribution in [3.05, 3.63) is 106 Å². The second kappa shape index (κ2) is 9.25. The van der Waals surface area contributed by atoms with Crippen LogP contribution >= 0.6 is 0 Å². The number of azide groups is 1. The summed E-state index contributed by atoms with van der Waals surface area (Å²) in [6, 6.07) is 29.3. The lowest BCUT2D eigenvalue weighted by molar-refractivity contribution is -0.128. The Bertz CT molecular complexity index is 1140. The number of ketones is 1. The number of carbonyl (C=O) groups is 1. The van der Waals surface area contributed by atoms with E-state index in [-0.39, 0.29) is 17.4 Å². The Balaban J connectivity index is 1.30. The van der Waals surface area contributed by atoms with Crippen molar-refractivity contribution in [2.45, 2.75) is 50.5 Å². The van der Waals surface area contributed by atoms with E-state index >= 15 is 0 Å². The molecule has 0 N–H and O–H groups in total. The maximum absolute atomic E-state index is 13.3. The zero-order chi connectivity index (χ0) is 22.7. The van der Waals surface area contributed by atoms with Crippen LogP contribution in [0.25, 0.3) is 21.6 Å². The average Bonchev–Trinajstić information content (AvgIpc) is 3.13. The SMILES string of the molecule is [N-]=[N+]=NC1CC(=O)C2(CCC(Cc3ccc(-c4ccccc4)cc3)CC2)C1c1ccccc1. The molecule has 2 aliphatic carbocycles. The molecule has 0 heterocycles. The molecule has 0 aliphatic heterocycles. The van der Waals surface area contributed by atoms with Crippen molar-refractivity contribution < 1.29 is 4.79 Å². The van der Waals surface area contributed by atoms with Gasteiger partial charge in [-0.05, 0) is 65.8 Å². The van der Waals surface area contributed by atoms with Gasteiger partial charge in [0.1, 0.15) is 5.78 Å². The fourth-order valence-electron chi connectivity index (χ4n) is 6.21. The van der Waals surface area contributed by atoms with Crippen LogP contribution in [0.1, 0.15) is 49.1 Å². The van der Waals surface area contributed by atoms with Crippen molar-refractivity contribution in [2.24, 2.45) is 16.4 Å². The number of benzene rings is 3. The van der Waals surface area contributed by atoms with E-state index in [2.05, 4.69) is 70.7 Å². The number of nitrogens with zero attached hydrogens (tertiary/aromatic N) is 3. The van der Waals surface area contributed by atoms with Crippen LogP contribution in [-0.4, -0.2) is 11.8 Å². The lowest BCUT2D eigenvalue weighted by Crippen LogP contribution is -2.37. The summed E-state index contributed by atoms with van der Waals surface area (Å²) in [5, 5.41) is 4.06. The fraction of sp³-hybridized carbons (Fsp3) is 0.345. The first-order chi connectivity index (χ1) is 16.2. The zero-order valence-corrected chi connectivity index (χ0v) is 18.8. The lowest BCUT2D eigenvalue weighted by Gasteiger charge is -2.41. The van der Waals surface area contributed by atoms with Crippen LogP contribution in [0.3, 0.4) is 0 Å². The van der Waals surface area contributed by atoms with Crippen LogP contribution in [0.4, 0.5) is 0 Å². The van der Waals surface area contributed by atoms with Gasteiger partial charge in [0.15, 0.2) is 0 Å². The predicted molar refractivity (Wildman–Crippen MR) is 132 cm³/mol. The van der Waals surface area contributed by atoms with Crippen molar-refractivity contribution in [1.82, 2.24) is 0 Å². The summed E-state index contributed by atoms with van der Waals surface area (Å²) < 4.78 is 0. The van der Waals surface area contributed by atoms with Crippen LogP contribution in [-0.2, 0) is 11.2 Å². The van der Waals surface area contributed by atoms with Gasteiger partial charge < -0.3 is 0 Å². The van der Waals surface area contributed by atoms with Crippen molar-refractivity contribution in [1.29, 1.82) is 0 Å². The van der Waals surface area contributed by atoms with Crippen LogP contribution < -0.4 is 0 Å². The summed E-state index contributed by atoms with van der Waals surface area (Å²) in [5.41, 5.74) is 13.7. The Morgan fingerprint density at radius 1 is 0.848 bits per heavy atom. The molecule has 2 aliphatic rings. The first-order valence-corrected chi connectivity index (χ1v) is 12.0. The summed E-state index contributed by atoms with van der Waals surface area (Å²) >= 11 is 0. The van der Waals surface area contributed by atoms with Gasteiger partial charge in [-0.15, -0.1) is 0 Å². The highest BCUT2D eigenvalue weighted by atomic mass is 16.1. The van der Waals surface area contributed by atoms with E-state index in [1.165, 1.54) is 16.7 Å². The molecule has 0 saturated heterocycles. The molecule has 0 amide bonds. The van der Waals surface area contributed by atoms with E-state index in [1.807, 2.05) is 24.3 Å². The van der Waals surface area contributed by atoms with Crippen LogP contribution in [0.15, 0.2) is 90.0 Å². The van der Waals surface area contributed by atoms with E-state index in [9.17, 15) is 4.79 Å². The molecule has 0 radical (unpaired) electrons. The van der Waals surface area contributed by atoms with Crippen LogP contribution in [0.5, 0.6) is 0 Å². The number of Topliss-reactive ketones (excluding diaryl/α,β-unsaturated/α-hetero) is 1. The number of hydrogen-bond acceptors (Lipinski definition) is 2. The predicted octanol–water partition coefficient (Wildman–Crippen LogP) is 7.51. The third-order valence-corrected chi connectivity index (χ3v) is 7.87. The van der Waals surface area contributed by atoms with Gasteiger partial charge in [-0.1, -0.05) is 90.0 Å². The molecule has 0 aromatic heterocycles. The molecule has 1 spiro atoms. The van der Waals surface area contributed by atoms with Gasteiger partial charge >= 0.3 is 0 Å². The molecule has 5 rings (SSSR count). The number of hydrogen-bond donors (Lipinski definition) is 0. The minimum atomic E-state index is -0.381. The molecule has 3 aromatic carbocycles. The smallest absolute Gasteiger partial charge is 0.140 e. The van der Waals surface area contributed by atoms with E-state index in [0.29, 0.717) is 18.1 Å². The minimum absolute atomic E-state index is 0.00629. The molecular formula is C29H29N3O. The topological polar surface area (TPSA) is 65.8 Å². The van der Waals surface area contributed by atoms with E-state index in [0.717, 1.165) is 37.7 Å². The summed E-state index contributed by atoms with van der Waals surface area (Å²) in [4.78, 5) is 16.4. The van der Waals surface area contributed by atoms with Gasteiger partial charge in [-0.2, -0.15) is 0 Å². The monoisotopic (exact) mass is 435 g/mol. The highest BCUT2D eigenvalue weighted by molar-refractivity contribution is 5.90. The first kappa shape index (κ1) is 21.5. The normalized spacial score (nSPS) is 26.8. The summed E-state index contributed by atoms with van der Waals surface area (Å²) in [7, 11) is 0. The van der Waals surface area contributed by atoms with Crippen molar-refractivity contribution >= 4 is 5.78 Å². The molecule has 2 saturated carbocycles. The molecular weight excluding hydrogens is 406 g/mol. The highest BCUT2D eigenvalue weighted by Crippen LogP contribution is 2.57.